The van der Waals surface area contributed by atoms with E-state index in [-0.39, 0.29) is 11.7 Å². The predicted octanol–water partition coefficient (Wildman–Crippen LogP) is 4.17. The molecule has 6 heteroatoms. The second kappa shape index (κ2) is 7.74. The summed E-state index contributed by atoms with van der Waals surface area (Å²) in [4.78, 5) is 12.0. The van der Waals surface area contributed by atoms with Crippen molar-refractivity contribution in [2.24, 2.45) is 5.10 Å². The van der Waals surface area contributed by atoms with Gasteiger partial charge in [-0.2, -0.15) is 5.10 Å². The molecule has 1 aromatic heterocycles. The van der Waals surface area contributed by atoms with Crippen LogP contribution in [0, 0.1) is 17.4 Å². The summed E-state index contributed by atoms with van der Waals surface area (Å²) in [6, 6.07) is 16.3. The SMILES string of the molecule is Cc1cc(/C=N/NC(=O)c2ccc(O)cc2)c(C)n1-c1ccc(I)cc1. The Labute approximate surface area is 165 Å². The fourth-order valence-corrected chi connectivity index (χ4v) is 3.10. The van der Waals surface area contributed by atoms with Gasteiger partial charge in [0.05, 0.1) is 6.21 Å². The van der Waals surface area contributed by atoms with E-state index in [2.05, 4.69) is 62.0 Å². The highest BCUT2D eigenvalue weighted by Crippen LogP contribution is 2.20. The summed E-state index contributed by atoms with van der Waals surface area (Å²) < 4.78 is 3.34. The van der Waals surface area contributed by atoms with E-state index >= 15 is 0 Å². The number of aromatic hydroxyl groups is 1. The molecule has 0 atom stereocenters. The average Bonchev–Trinajstić information content (AvgIpc) is 2.90. The highest BCUT2D eigenvalue weighted by molar-refractivity contribution is 14.1. The molecular weight excluding hydrogens is 441 g/mol. The Bertz CT molecular complexity index is 958. The summed E-state index contributed by atoms with van der Waals surface area (Å²) in [5.41, 5.74) is 7.11. The minimum Gasteiger partial charge on any atom is -0.508 e. The van der Waals surface area contributed by atoms with Gasteiger partial charge in [0.2, 0.25) is 0 Å². The Balaban J connectivity index is 1.77. The lowest BCUT2D eigenvalue weighted by molar-refractivity contribution is 0.0955. The summed E-state index contributed by atoms with van der Waals surface area (Å²) in [5, 5.41) is 13.3. The third-order valence-corrected chi connectivity index (χ3v) is 4.77. The minimum absolute atomic E-state index is 0.119. The van der Waals surface area contributed by atoms with Crippen LogP contribution >= 0.6 is 22.6 Å². The highest BCUT2D eigenvalue weighted by atomic mass is 127. The Kier molecular flexibility index (Phi) is 5.41. The molecule has 5 nitrogen and oxygen atoms in total. The van der Waals surface area contributed by atoms with Crippen molar-refractivity contribution >= 4 is 34.7 Å². The first-order valence-corrected chi connectivity index (χ1v) is 9.11. The van der Waals surface area contributed by atoms with Gasteiger partial charge in [0, 0.05) is 31.8 Å². The number of hydrogen-bond donors (Lipinski definition) is 2. The summed E-state index contributed by atoms with van der Waals surface area (Å²) >= 11 is 2.28. The van der Waals surface area contributed by atoms with Gasteiger partial charge in [-0.3, -0.25) is 4.79 Å². The van der Waals surface area contributed by atoms with E-state index in [4.69, 9.17) is 0 Å². The molecule has 0 fully saturated rings. The maximum absolute atomic E-state index is 12.0. The Morgan fingerprint density at radius 2 is 1.77 bits per heavy atom. The lowest BCUT2D eigenvalue weighted by Crippen LogP contribution is -2.17. The van der Waals surface area contributed by atoms with Gasteiger partial charge in [-0.25, -0.2) is 5.43 Å². The number of aryl methyl sites for hydroxylation is 1. The van der Waals surface area contributed by atoms with Crippen molar-refractivity contribution in [1.29, 1.82) is 0 Å². The summed E-state index contributed by atoms with van der Waals surface area (Å²) in [7, 11) is 0. The van der Waals surface area contributed by atoms with Crippen molar-refractivity contribution in [2.75, 3.05) is 0 Å². The van der Waals surface area contributed by atoms with E-state index in [1.807, 2.05) is 19.9 Å². The lowest BCUT2D eigenvalue weighted by atomic mass is 10.2. The van der Waals surface area contributed by atoms with Crippen LogP contribution < -0.4 is 5.43 Å². The first kappa shape index (κ1) is 18.2. The molecule has 2 aromatic carbocycles. The minimum atomic E-state index is -0.326. The van der Waals surface area contributed by atoms with E-state index in [9.17, 15) is 9.90 Å². The molecule has 0 aliphatic rings. The normalized spacial score (nSPS) is 11.0. The molecule has 0 radical (unpaired) electrons. The Hall–Kier alpha value is -2.61. The van der Waals surface area contributed by atoms with E-state index in [1.54, 1.807) is 18.3 Å². The molecular formula is C20H18IN3O2. The van der Waals surface area contributed by atoms with Crippen LogP contribution in [-0.2, 0) is 0 Å². The number of aromatic nitrogens is 1. The zero-order valence-electron chi connectivity index (χ0n) is 14.4. The molecule has 2 N–H and O–H groups in total. The number of nitrogens with one attached hydrogen (secondary N) is 1. The number of halogens is 1. The van der Waals surface area contributed by atoms with Crippen LogP contribution in [0.3, 0.4) is 0 Å². The van der Waals surface area contributed by atoms with E-state index in [0.29, 0.717) is 5.56 Å². The van der Waals surface area contributed by atoms with Crippen molar-refractivity contribution < 1.29 is 9.90 Å². The summed E-state index contributed by atoms with van der Waals surface area (Å²) in [6.45, 7) is 4.06. The molecule has 3 rings (SSSR count). The highest BCUT2D eigenvalue weighted by Gasteiger charge is 2.10. The van der Waals surface area contributed by atoms with Gasteiger partial charge >= 0.3 is 0 Å². The van der Waals surface area contributed by atoms with Crippen LogP contribution in [0.15, 0.2) is 59.7 Å². The molecule has 0 aliphatic carbocycles. The second-order valence-electron chi connectivity index (χ2n) is 5.88. The van der Waals surface area contributed by atoms with Crippen molar-refractivity contribution in [2.45, 2.75) is 13.8 Å². The van der Waals surface area contributed by atoms with Gasteiger partial charge in [-0.05, 0) is 91.0 Å². The smallest absolute Gasteiger partial charge is 0.271 e. The molecule has 1 amide bonds. The third-order valence-electron chi connectivity index (χ3n) is 4.05. The van der Waals surface area contributed by atoms with Crippen LogP contribution in [0.4, 0.5) is 0 Å². The molecule has 0 spiro atoms. The average molecular weight is 459 g/mol. The number of carbonyl (C=O) groups is 1. The van der Waals surface area contributed by atoms with Gasteiger partial charge in [-0.1, -0.05) is 0 Å². The summed E-state index contributed by atoms with van der Waals surface area (Å²) in [6.07, 6.45) is 1.64. The predicted molar refractivity (Wildman–Crippen MR) is 111 cm³/mol. The second-order valence-corrected chi connectivity index (χ2v) is 7.13. The largest absolute Gasteiger partial charge is 0.508 e. The Morgan fingerprint density at radius 1 is 1.12 bits per heavy atom. The first-order chi connectivity index (χ1) is 12.5. The number of amides is 1. The monoisotopic (exact) mass is 459 g/mol. The molecule has 1 heterocycles. The molecule has 0 unspecified atom stereocenters. The van der Waals surface area contributed by atoms with Gasteiger partial charge in [0.25, 0.3) is 5.91 Å². The third kappa shape index (κ3) is 3.96. The molecule has 0 saturated heterocycles. The van der Waals surface area contributed by atoms with Gasteiger partial charge in [-0.15, -0.1) is 0 Å². The molecule has 0 aliphatic heterocycles. The quantitative estimate of drug-likeness (QED) is 0.350. The van der Waals surface area contributed by atoms with Crippen LogP contribution in [0.25, 0.3) is 5.69 Å². The number of phenols is 1. The van der Waals surface area contributed by atoms with Gasteiger partial charge in [0.15, 0.2) is 0 Å². The van der Waals surface area contributed by atoms with E-state index < -0.39 is 0 Å². The lowest BCUT2D eigenvalue weighted by Gasteiger charge is -2.09. The van der Waals surface area contributed by atoms with Crippen molar-refractivity contribution in [1.82, 2.24) is 9.99 Å². The number of phenolic OH excluding ortho intramolecular Hbond substituents is 1. The van der Waals surface area contributed by atoms with E-state index in [1.165, 1.54) is 15.7 Å². The fourth-order valence-electron chi connectivity index (χ4n) is 2.74. The number of hydrogen-bond acceptors (Lipinski definition) is 3. The topological polar surface area (TPSA) is 66.6 Å². The van der Waals surface area contributed by atoms with Crippen molar-refractivity contribution in [3.05, 3.63) is 80.7 Å². The first-order valence-electron chi connectivity index (χ1n) is 8.03. The zero-order chi connectivity index (χ0) is 18.7. The maximum atomic E-state index is 12.0. The molecule has 0 saturated carbocycles. The van der Waals surface area contributed by atoms with Crippen LogP contribution in [0.1, 0.15) is 27.3 Å². The standard InChI is InChI=1S/C20H18IN3O2/c1-13-11-16(14(2)24(13)18-7-5-17(21)6-8-18)12-22-23-20(26)15-3-9-19(25)10-4-15/h3-12,25H,1-2H3,(H,23,26)/b22-12+. The summed E-state index contributed by atoms with van der Waals surface area (Å²) in [5.74, 6) is -0.208. The number of carbonyl (C=O) groups excluding carboxylic acids is 1. The molecule has 0 bridgehead atoms. The van der Waals surface area contributed by atoms with Gasteiger partial charge in [0.1, 0.15) is 5.75 Å². The molecule has 26 heavy (non-hydrogen) atoms. The fraction of sp³-hybridized carbons (Fsp3) is 0.100. The van der Waals surface area contributed by atoms with Crippen LogP contribution in [0.2, 0.25) is 0 Å². The van der Waals surface area contributed by atoms with Crippen molar-refractivity contribution in [3.63, 3.8) is 0 Å². The number of nitrogens with zero attached hydrogens (tertiary/aromatic N) is 2. The van der Waals surface area contributed by atoms with Crippen LogP contribution in [0.5, 0.6) is 5.75 Å². The molecule has 132 valence electrons. The number of rotatable bonds is 4. The number of hydrazone groups is 1. The maximum Gasteiger partial charge on any atom is 0.271 e. The van der Waals surface area contributed by atoms with Crippen molar-refractivity contribution in [3.8, 4) is 11.4 Å². The molecule has 3 aromatic rings. The van der Waals surface area contributed by atoms with Crippen LogP contribution in [-0.4, -0.2) is 21.8 Å². The van der Waals surface area contributed by atoms with Gasteiger partial charge < -0.3 is 9.67 Å². The number of benzene rings is 2. The Morgan fingerprint density at radius 3 is 2.42 bits per heavy atom. The van der Waals surface area contributed by atoms with E-state index in [0.717, 1.165) is 22.6 Å². The zero-order valence-corrected chi connectivity index (χ0v) is 16.6.